The Kier molecular flexibility index (Phi) is 3.51. The van der Waals surface area contributed by atoms with Gasteiger partial charge in [-0.2, -0.15) is 0 Å². The van der Waals surface area contributed by atoms with Crippen LogP contribution in [0, 0.1) is 0 Å². The van der Waals surface area contributed by atoms with Gasteiger partial charge in [-0.05, 0) is 12.1 Å². The van der Waals surface area contributed by atoms with Gasteiger partial charge in [0.2, 0.25) is 5.88 Å². The highest BCUT2D eigenvalue weighted by Gasteiger charge is 2.03. The number of benzene rings is 1. The summed E-state index contributed by atoms with van der Waals surface area (Å²) in [6, 6.07) is 7.69. The maximum absolute atomic E-state index is 9.07. The maximum Gasteiger partial charge on any atom is 0.222 e. The first kappa shape index (κ1) is 10.8. The molecule has 0 atom stereocenters. The minimum atomic E-state index is 0.0924. The molecule has 0 fully saturated rings. The van der Waals surface area contributed by atoms with Gasteiger partial charge in [0.25, 0.3) is 0 Å². The molecule has 2 nitrogen and oxygen atoms in total. The third-order valence-corrected chi connectivity index (χ3v) is 4.27. The quantitative estimate of drug-likeness (QED) is 0.850. The van der Waals surface area contributed by atoms with E-state index in [1.165, 1.54) is 11.3 Å². The molecule has 1 heterocycles. The van der Waals surface area contributed by atoms with Crippen molar-refractivity contribution in [2.24, 2.45) is 0 Å². The van der Waals surface area contributed by atoms with Crippen molar-refractivity contribution < 1.29 is 5.11 Å². The topological polar surface area (TPSA) is 33.1 Å². The smallest absolute Gasteiger partial charge is 0.222 e. The summed E-state index contributed by atoms with van der Waals surface area (Å²) in [6.07, 6.45) is 0. The van der Waals surface area contributed by atoms with Crippen molar-refractivity contribution in [3.05, 3.63) is 39.7 Å². The molecule has 0 unspecified atom stereocenters. The van der Waals surface area contributed by atoms with Crippen LogP contribution in [0.2, 0.25) is 5.02 Å². The van der Waals surface area contributed by atoms with Gasteiger partial charge in [0.15, 0.2) is 0 Å². The Hall–Kier alpha value is -0.710. The van der Waals surface area contributed by atoms with E-state index < -0.39 is 0 Å². The number of hydrogen-bond acceptors (Lipinski definition) is 4. The molecule has 15 heavy (non-hydrogen) atoms. The van der Waals surface area contributed by atoms with Gasteiger partial charge in [-0.25, -0.2) is 4.98 Å². The van der Waals surface area contributed by atoms with Gasteiger partial charge in [0, 0.05) is 4.90 Å². The first-order chi connectivity index (χ1) is 7.25. The Bertz CT molecular complexity index is 458. The number of halogens is 1. The molecular weight excluding hydrogens is 250 g/mol. The molecule has 78 valence electrons. The fraction of sp³-hybridized carbons (Fsp3) is 0.100. The van der Waals surface area contributed by atoms with Crippen LogP contribution in [0.4, 0.5) is 0 Å². The lowest BCUT2D eigenvalue weighted by Gasteiger charge is -2.00. The van der Waals surface area contributed by atoms with Crippen molar-refractivity contribution in [1.82, 2.24) is 4.98 Å². The van der Waals surface area contributed by atoms with Crippen molar-refractivity contribution in [1.29, 1.82) is 0 Å². The lowest BCUT2D eigenvalue weighted by molar-refractivity contribution is 0.456. The van der Waals surface area contributed by atoms with E-state index >= 15 is 0 Å². The summed E-state index contributed by atoms with van der Waals surface area (Å²) in [5, 5.41) is 12.3. The normalized spacial score (nSPS) is 10.5. The first-order valence-corrected chi connectivity index (χ1v) is 6.51. The van der Waals surface area contributed by atoms with Crippen molar-refractivity contribution in [3.8, 4) is 5.88 Å². The number of aromatic hydroxyl groups is 1. The average Bonchev–Trinajstić information content (AvgIpc) is 2.63. The number of aromatic nitrogens is 1. The number of hydrogen-bond donors (Lipinski definition) is 1. The number of thiazole rings is 1. The summed E-state index contributed by atoms with van der Waals surface area (Å²) in [7, 11) is 0. The second kappa shape index (κ2) is 4.88. The molecule has 1 aromatic carbocycles. The molecule has 1 N–H and O–H groups in total. The maximum atomic E-state index is 9.07. The van der Waals surface area contributed by atoms with E-state index in [-0.39, 0.29) is 5.88 Å². The van der Waals surface area contributed by atoms with Crippen molar-refractivity contribution in [2.75, 3.05) is 0 Å². The SMILES string of the molecule is Oc1csc(CSc2ccccc2Cl)n1. The third-order valence-electron chi connectivity index (χ3n) is 1.73. The lowest BCUT2D eigenvalue weighted by atomic mass is 10.4. The molecule has 2 rings (SSSR count). The number of nitrogens with zero attached hydrogens (tertiary/aromatic N) is 1. The van der Waals surface area contributed by atoms with Gasteiger partial charge in [0.1, 0.15) is 5.01 Å². The van der Waals surface area contributed by atoms with Crippen molar-refractivity contribution in [2.45, 2.75) is 10.6 Å². The molecule has 0 saturated heterocycles. The second-order valence-corrected chi connectivity index (χ2v) is 5.19. The van der Waals surface area contributed by atoms with Gasteiger partial charge in [-0.3, -0.25) is 0 Å². The highest BCUT2D eigenvalue weighted by molar-refractivity contribution is 7.98. The standard InChI is InChI=1S/C10H8ClNOS2/c11-7-3-1-2-4-8(7)14-6-10-12-9(13)5-15-10/h1-5,13H,6H2. The summed E-state index contributed by atoms with van der Waals surface area (Å²) in [5.74, 6) is 0.823. The van der Waals surface area contributed by atoms with Gasteiger partial charge in [0.05, 0.1) is 16.2 Å². The molecule has 0 aliphatic heterocycles. The van der Waals surface area contributed by atoms with Gasteiger partial charge in [-0.1, -0.05) is 23.7 Å². The van der Waals surface area contributed by atoms with Crippen LogP contribution in [0.1, 0.15) is 5.01 Å². The molecule has 0 aliphatic carbocycles. The van der Waals surface area contributed by atoms with Gasteiger partial charge < -0.3 is 5.11 Å². The van der Waals surface area contributed by atoms with E-state index in [9.17, 15) is 0 Å². The van der Waals surface area contributed by atoms with E-state index in [1.54, 1.807) is 17.1 Å². The molecule has 0 aliphatic rings. The monoisotopic (exact) mass is 257 g/mol. The van der Waals surface area contributed by atoms with Crippen molar-refractivity contribution >= 4 is 34.7 Å². The molecule has 0 bridgehead atoms. The fourth-order valence-corrected chi connectivity index (χ4v) is 2.98. The van der Waals surface area contributed by atoms with Gasteiger partial charge in [-0.15, -0.1) is 23.1 Å². The van der Waals surface area contributed by atoms with Crippen LogP contribution in [-0.4, -0.2) is 10.1 Å². The molecule has 5 heteroatoms. The highest BCUT2D eigenvalue weighted by atomic mass is 35.5. The van der Waals surface area contributed by atoms with Crippen LogP contribution in [0.25, 0.3) is 0 Å². The summed E-state index contributed by atoms with van der Waals surface area (Å²) in [5.41, 5.74) is 0. The first-order valence-electron chi connectivity index (χ1n) is 4.26. The molecule has 1 aromatic heterocycles. The van der Waals surface area contributed by atoms with Gasteiger partial charge >= 0.3 is 0 Å². The van der Waals surface area contributed by atoms with E-state index in [2.05, 4.69) is 4.98 Å². The summed E-state index contributed by atoms with van der Waals surface area (Å²) >= 11 is 9.08. The largest absolute Gasteiger partial charge is 0.493 e. The number of thioether (sulfide) groups is 1. The average molecular weight is 258 g/mol. The fourth-order valence-electron chi connectivity index (χ4n) is 1.07. The minimum absolute atomic E-state index is 0.0924. The van der Waals surface area contributed by atoms with Crippen LogP contribution in [-0.2, 0) is 5.75 Å². The summed E-state index contributed by atoms with van der Waals surface area (Å²) < 4.78 is 0. The molecule has 0 radical (unpaired) electrons. The minimum Gasteiger partial charge on any atom is -0.493 e. The molecule has 2 aromatic rings. The zero-order valence-electron chi connectivity index (χ0n) is 7.68. The highest BCUT2D eigenvalue weighted by Crippen LogP contribution is 2.30. The van der Waals surface area contributed by atoms with E-state index in [1.807, 2.05) is 24.3 Å². The van der Waals surface area contributed by atoms with Crippen LogP contribution in [0.15, 0.2) is 34.5 Å². The Balaban J connectivity index is 2.02. The van der Waals surface area contributed by atoms with Crippen molar-refractivity contribution in [3.63, 3.8) is 0 Å². The van der Waals surface area contributed by atoms with Crippen LogP contribution >= 0.6 is 34.7 Å². The van der Waals surface area contributed by atoms with Crippen LogP contribution in [0.3, 0.4) is 0 Å². The second-order valence-electron chi connectivity index (χ2n) is 2.82. The number of rotatable bonds is 3. The Morgan fingerprint density at radius 1 is 1.40 bits per heavy atom. The van der Waals surface area contributed by atoms with E-state index in [0.717, 1.165) is 20.7 Å². The summed E-state index contributed by atoms with van der Waals surface area (Å²) in [4.78, 5) is 5.00. The molecule has 0 amide bonds. The Morgan fingerprint density at radius 2 is 2.20 bits per heavy atom. The zero-order valence-corrected chi connectivity index (χ0v) is 10.1. The zero-order chi connectivity index (χ0) is 10.7. The third kappa shape index (κ3) is 2.87. The predicted molar refractivity (Wildman–Crippen MR) is 64.8 cm³/mol. The van der Waals surface area contributed by atoms with Crippen LogP contribution < -0.4 is 0 Å². The molecule has 0 saturated carbocycles. The summed E-state index contributed by atoms with van der Waals surface area (Å²) in [6.45, 7) is 0. The lowest BCUT2D eigenvalue weighted by Crippen LogP contribution is -1.79. The van der Waals surface area contributed by atoms with E-state index in [0.29, 0.717) is 0 Å². The van der Waals surface area contributed by atoms with Crippen LogP contribution in [0.5, 0.6) is 5.88 Å². The molecule has 0 spiro atoms. The predicted octanol–water partition coefficient (Wildman–Crippen LogP) is 3.79. The van der Waals surface area contributed by atoms with E-state index in [4.69, 9.17) is 16.7 Å². The molecular formula is C10H8ClNOS2. The Morgan fingerprint density at radius 3 is 2.87 bits per heavy atom. The Labute approximate surface area is 101 Å².